The van der Waals surface area contributed by atoms with Crippen molar-refractivity contribution in [1.82, 2.24) is 35.2 Å². The minimum Gasteiger partial charge on any atom is -0.549 e. The van der Waals surface area contributed by atoms with Gasteiger partial charge in [0.15, 0.2) is 5.82 Å². The second-order valence-electron chi connectivity index (χ2n) is 21.2. The SMILES string of the molecule is C[C@@H]1CN(C(=O)OC(C)(C)C)CCN1CCOc1cc(N2C3CCC2CN(c2cc(-c4ccccc4OCc4ccc(NC(=O)[C@H](CCCCN(C)C)NC(=O)C5(C(=O)[O-])CCC5)cc4)nnc2N)C3)ccn1.[Li+]. The number of pyridine rings is 1. The molecule has 4 N–H and O–H groups in total. The van der Waals surface area contributed by atoms with Crippen LogP contribution in [0.5, 0.6) is 11.6 Å². The van der Waals surface area contributed by atoms with Gasteiger partial charge in [-0.05, 0) is 135 Å². The Hall–Kier alpha value is -6.13. The van der Waals surface area contributed by atoms with E-state index in [0.717, 1.165) is 74.5 Å². The van der Waals surface area contributed by atoms with Gasteiger partial charge in [-0.3, -0.25) is 14.5 Å². The van der Waals surface area contributed by atoms with Gasteiger partial charge in [0.05, 0.1) is 22.8 Å². The van der Waals surface area contributed by atoms with Crippen LogP contribution in [0.4, 0.5) is 27.7 Å². The van der Waals surface area contributed by atoms with E-state index in [9.17, 15) is 24.3 Å². The second kappa shape index (κ2) is 24.5. The number of hydrogen-bond donors (Lipinski definition) is 3. The number of fused-ring (bicyclic) bond motifs is 2. The van der Waals surface area contributed by atoms with Gasteiger partial charge in [0.1, 0.15) is 30.6 Å². The number of rotatable bonds is 20. The number of unbranched alkanes of at least 4 members (excludes halogenated alkanes) is 1. The van der Waals surface area contributed by atoms with Crippen LogP contribution in [0.1, 0.15) is 84.6 Å². The van der Waals surface area contributed by atoms with Crippen LogP contribution in [0, 0.1) is 5.41 Å². The first-order valence-corrected chi connectivity index (χ1v) is 25.7. The summed E-state index contributed by atoms with van der Waals surface area (Å²) in [5.74, 6) is -0.910. The van der Waals surface area contributed by atoms with Crippen LogP contribution in [0.25, 0.3) is 11.3 Å². The number of aliphatic carboxylic acids is 1. The van der Waals surface area contributed by atoms with E-state index >= 15 is 0 Å². The minimum absolute atomic E-state index is 0. The zero-order valence-corrected chi connectivity index (χ0v) is 44.2. The van der Waals surface area contributed by atoms with Gasteiger partial charge in [-0.2, -0.15) is 0 Å². The Kier molecular flexibility index (Phi) is 18.4. The molecule has 2 bridgehead atoms. The van der Waals surface area contributed by atoms with E-state index in [0.29, 0.717) is 67.8 Å². The number of carbonyl (C=O) groups excluding carboxylic acids is 4. The van der Waals surface area contributed by atoms with Crippen molar-refractivity contribution in [2.45, 2.75) is 115 Å². The van der Waals surface area contributed by atoms with Gasteiger partial charge in [-0.15, -0.1) is 10.2 Å². The van der Waals surface area contributed by atoms with Crippen LogP contribution >= 0.6 is 0 Å². The van der Waals surface area contributed by atoms with Crippen molar-refractivity contribution in [2.75, 3.05) is 87.4 Å². The van der Waals surface area contributed by atoms with Crippen molar-refractivity contribution in [3.63, 3.8) is 0 Å². The second-order valence-corrected chi connectivity index (χ2v) is 21.2. The third-order valence-electron chi connectivity index (χ3n) is 14.5. The minimum atomic E-state index is -1.58. The van der Waals surface area contributed by atoms with Crippen molar-refractivity contribution >= 4 is 46.8 Å². The van der Waals surface area contributed by atoms with E-state index < -0.39 is 34.8 Å². The number of hydrogen-bond acceptors (Lipinski definition) is 16. The standard InChI is InChI=1S/C54H73N11O8.Li/c1-36-32-63(52(70)73-53(2,3)4)27-26-62(36)28-29-71-47-30-39(21-24-56-47)65-40-19-20-41(65)34-64(33-40)45-31-44(59-60-48(45)55)42-12-7-8-14-46(42)72-35-37-15-17-38(18-16-37)57-49(66)43(13-9-10-25-61(5)6)58-50(67)54(51(68)69)22-11-23-54;/h7-8,12,14-18,21,24,30-31,36,40-41,43H,9-11,13,19-20,22-23,25-29,32-35H2,1-6H3,(H2,55,60)(H,57,66)(H,58,67)(H,68,69);/q;+1/p-1/t36-,40?,41?,43+;/m1./s1. The third kappa shape index (κ3) is 13.6. The molecule has 0 spiro atoms. The summed E-state index contributed by atoms with van der Waals surface area (Å²) in [5.41, 5.74) is 9.16. The van der Waals surface area contributed by atoms with Crippen LogP contribution < -0.4 is 59.6 Å². The van der Waals surface area contributed by atoms with Gasteiger partial charge < -0.3 is 60.1 Å². The van der Waals surface area contributed by atoms with E-state index in [-0.39, 0.29) is 62.5 Å². The molecule has 74 heavy (non-hydrogen) atoms. The number of carbonyl (C=O) groups is 4. The molecule has 2 aromatic carbocycles. The predicted molar refractivity (Wildman–Crippen MR) is 277 cm³/mol. The Morgan fingerprint density at radius 1 is 0.932 bits per heavy atom. The summed E-state index contributed by atoms with van der Waals surface area (Å²) < 4.78 is 18.2. The van der Waals surface area contributed by atoms with E-state index in [1.54, 1.807) is 17.0 Å². The van der Waals surface area contributed by atoms with Crippen LogP contribution in [0.15, 0.2) is 72.9 Å². The number of nitrogens with one attached hydrogen (secondary N) is 2. The predicted octanol–water partition coefficient (Wildman–Crippen LogP) is 1.96. The van der Waals surface area contributed by atoms with Crippen molar-refractivity contribution in [1.29, 1.82) is 0 Å². The van der Waals surface area contributed by atoms with Gasteiger partial charge in [-0.25, -0.2) is 9.78 Å². The maximum Gasteiger partial charge on any atom is 1.00 e. The van der Waals surface area contributed by atoms with Crippen molar-refractivity contribution in [3.05, 3.63) is 78.5 Å². The molecule has 3 amide bonds. The van der Waals surface area contributed by atoms with Gasteiger partial charge in [0.2, 0.25) is 17.7 Å². The van der Waals surface area contributed by atoms with Crippen LogP contribution in [0.3, 0.4) is 0 Å². The summed E-state index contributed by atoms with van der Waals surface area (Å²) in [7, 11) is 3.94. The summed E-state index contributed by atoms with van der Waals surface area (Å²) in [4.78, 5) is 66.8. The fourth-order valence-electron chi connectivity index (χ4n) is 10.3. The quantitative estimate of drug-likeness (QED) is 0.0654. The average molecular weight is 1010 g/mol. The molecular formula is C54H72LiN11O8. The summed E-state index contributed by atoms with van der Waals surface area (Å²) in [6.07, 6.45) is 6.48. The van der Waals surface area contributed by atoms with E-state index in [2.05, 4.69) is 53.5 Å². The summed E-state index contributed by atoms with van der Waals surface area (Å²) >= 11 is 0. The molecule has 392 valence electrons. The molecule has 2 aromatic heterocycles. The Bertz CT molecular complexity index is 2560. The largest absolute Gasteiger partial charge is 1.00 e. The molecule has 4 fully saturated rings. The first kappa shape index (κ1) is 55.6. The van der Waals surface area contributed by atoms with Crippen LogP contribution in [-0.4, -0.2) is 150 Å². The molecule has 3 aliphatic heterocycles. The molecule has 1 saturated carbocycles. The van der Waals surface area contributed by atoms with Crippen LogP contribution in [0.2, 0.25) is 0 Å². The van der Waals surface area contributed by atoms with Gasteiger partial charge in [-0.1, -0.05) is 30.7 Å². The number of nitrogen functional groups attached to an aromatic ring is 1. The average Bonchev–Trinajstić information content (AvgIpc) is 3.60. The van der Waals surface area contributed by atoms with Crippen molar-refractivity contribution in [3.8, 4) is 22.9 Å². The number of ether oxygens (including phenoxy) is 3. The number of para-hydroxylation sites is 1. The molecule has 19 nitrogen and oxygen atoms in total. The number of benzene rings is 2. The maximum atomic E-state index is 13.6. The zero-order valence-electron chi connectivity index (χ0n) is 44.2. The number of nitrogens with two attached hydrogens (primary N) is 1. The third-order valence-corrected chi connectivity index (χ3v) is 14.5. The number of anilines is 4. The van der Waals surface area contributed by atoms with E-state index in [1.807, 2.05) is 94.5 Å². The monoisotopic (exact) mass is 1010 g/mol. The number of nitrogens with zero attached hydrogens (tertiary/aromatic N) is 8. The summed E-state index contributed by atoms with van der Waals surface area (Å²) in [5, 5.41) is 26.5. The Morgan fingerprint density at radius 3 is 2.32 bits per heavy atom. The molecule has 1 aliphatic carbocycles. The Labute approximate surface area is 447 Å². The molecular weight excluding hydrogens is 938 g/mol. The molecule has 0 radical (unpaired) electrons. The van der Waals surface area contributed by atoms with Gasteiger partial charge in [0.25, 0.3) is 0 Å². The van der Waals surface area contributed by atoms with Crippen LogP contribution in [-0.2, 0) is 25.7 Å². The zero-order chi connectivity index (χ0) is 51.9. The smallest absolute Gasteiger partial charge is 0.549 e. The fraction of sp³-hybridized carbons (Fsp3) is 0.537. The number of carboxylic acids is 1. The molecule has 8 rings (SSSR count). The fourth-order valence-corrected chi connectivity index (χ4v) is 10.3. The molecule has 20 heteroatoms. The topological polar surface area (TPSA) is 224 Å². The molecule has 4 atom stereocenters. The van der Waals surface area contributed by atoms with Crippen molar-refractivity contribution < 1.29 is 57.4 Å². The molecule has 3 saturated heterocycles. The number of amides is 3. The number of carboxylic acid groups (broad SMARTS) is 1. The first-order valence-electron chi connectivity index (χ1n) is 25.7. The van der Waals surface area contributed by atoms with Gasteiger partial charge in [0, 0.05) is 86.6 Å². The summed E-state index contributed by atoms with van der Waals surface area (Å²) in [6, 6.07) is 20.8. The molecule has 4 aromatic rings. The first-order chi connectivity index (χ1) is 35.0. The Balaban J connectivity index is 0.00000800. The van der Waals surface area contributed by atoms with E-state index in [4.69, 9.17) is 19.9 Å². The molecule has 2 unspecified atom stereocenters. The summed E-state index contributed by atoms with van der Waals surface area (Å²) in [6.45, 7) is 13.5. The Morgan fingerprint density at radius 2 is 1.66 bits per heavy atom. The maximum absolute atomic E-state index is 13.6. The molecule has 5 heterocycles. The molecule has 4 aliphatic rings. The number of aromatic nitrogens is 3. The normalized spacial score (nSPS) is 19.7. The van der Waals surface area contributed by atoms with Gasteiger partial charge >= 0.3 is 25.0 Å². The van der Waals surface area contributed by atoms with Crippen molar-refractivity contribution in [2.24, 2.45) is 5.41 Å². The van der Waals surface area contributed by atoms with E-state index in [1.165, 1.54) is 0 Å². The number of piperazine rings is 2.